The molecule has 0 atom stereocenters. The summed E-state index contributed by atoms with van der Waals surface area (Å²) in [5, 5.41) is 9.85. The number of hydrogen-bond donors (Lipinski definition) is 5. The van der Waals surface area contributed by atoms with Crippen LogP contribution in [0.5, 0.6) is 17.2 Å². The van der Waals surface area contributed by atoms with Gasteiger partial charge >= 0.3 is 12.1 Å². The van der Waals surface area contributed by atoms with Gasteiger partial charge in [0.15, 0.2) is 18.1 Å². The highest BCUT2D eigenvalue weighted by Crippen LogP contribution is 2.39. The van der Waals surface area contributed by atoms with E-state index in [9.17, 15) is 18.0 Å². The predicted molar refractivity (Wildman–Crippen MR) is 147 cm³/mol. The van der Waals surface area contributed by atoms with E-state index < -0.39 is 12.1 Å². The van der Waals surface area contributed by atoms with E-state index in [2.05, 4.69) is 15.3 Å². The van der Waals surface area contributed by atoms with E-state index >= 15 is 0 Å². The van der Waals surface area contributed by atoms with Crippen molar-refractivity contribution in [3.05, 3.63) is 29.5 Å². The number of carbonyl (C=O) groups is 2. The fraction of sp³-hybridized carbons (Fsp3) is 0.520. The summed E-state index contributed by atoms with van der Waals surface area (Å²) in [6, 6.07) is 5.18. The number of nitrogen functional groups attached to an aromatic ring is 2. The van der Waals surface area contributed by atoms with Crippen molar-refractivity contribution in [3.8, 4) is 17.2 Å². The smallest absolute Gasteiger partial charge is 0.490 e. The molecule has 1 amide bonds. The van der Waals surface area contributed by atoms with Gasteiger partial charge in [-0.05, 0) is 17.7 Å². The number of carboxylic acid groups (broad SMARTS) is 1. The highest BCUT2D eigenvalue weighted by atomic mass is 19.4. The minimum absolute atomic E-state index is 0.0952. The quantitative estimate of drug-likeness (QED) is 0.142. The lowest BCUT2D eigenvalue weighted by molar-refractivity contribution is -0.192. The van der Waals surface area contributed by atoms with Crippen LogP contribution in [0.1, 0.15) is 11.3 Å². The average Bonchev–Trinajstić information content (AvgIpc) is 2.94. The summed E-state index contributed by atoms with van der Waals surface area (Å²) in [7, 11) is 3.00. The van der Waals surface area contributed by atoms with E-state index in [1.54, 1.807) is 18.2 Å². The van der Waals surface area contributed by atoms with Gasteiger partial charge in [-0.15, -0.1) is 0 Å². The van der Waals surface area contributed by atoms with Crippen molar-refractivity contribution in [1.82, 2.24) is 15.3 Å². The molecule has 2 rings (SSSR count). The number of ether oxygens (including phenoxy) is 6. The highest BCUT2D eigenvalue weighted by Gasteiger charge is 2.38. The first-order valence-electron chi connectivity index (χ1n) is 12.7. The van der Waals surface area contributed by atoms with Crippen LogP contribution in [-0.4, -0.2) is 107 Å². The van der Waals surface area contributed by atoms with Crippen molar-refractivity contribution in [2.75, 3.05) is 85.0 Å². The predicted octanol–water partition coefficient (Wildman–Crippen LogP) is 0.386. The summed E-state index contributed by atoms with van der Waals surface area (Å²) < 4.78 is 64.3. The molecule has 0 fully saturated rings. The van der Waals surface area contributed by atoms with Gasteiger partial charge in [-0.1, -0.05) is 0 Å². The first-order chi connectivity index (χ1) is 20.4. The number of amides is 1. The minimum Gasteiger partial charge on any atom is -0.493 e. The molecule has 0 saturated heterocycles. The monoisotopic (exact) mass is 622 g/mol. The van der Waals surface area contributed by atoms with E-state index in [0.717, 1.165) is 5.56 Å². The number of rotatable bonds is 18. The lowest BCUT2D eigenvalue weighted by Crippen LogP contribution is -2.32. The van der Waals surface area contributed by atoms with E-state index in [4.69, 9.17) is 55.5 Å². The number of carboxylic acids is 1. The molecule has 18 heteroatoms. The number of nitrogens with zero attached hydrogens (tertiary/aromatic N) is 2. The van der Waals surface area contributed by atoms with Crippen LogP contribution >= 0.6 is 0 Å². The van der Waals surface area contributed by atoms with Crippen molar-refractivity contribution < 1.29 is 56.3 Å². The summed E-state index contributed by atoms with van der Waals surface area (Å²) in [5.74, 6) is -1.57. The number of benzene rings is 1. The van der Waals surface area contributed by atoms with Crippen molar-refractivity contribution in [2.24, 2.45) is 5.73 Å². The van der Waals surface area contributed by atoms with E-state index in [-0.39, 0.29) is 24.3 Å². The Morgan fingerprint density at radius 1 is 0.907 bits per heavy atom. The van der Waals surface area contributed by atoms with Gasteiger partial charge in [0, 0.05) is 25.6 Å². The Morgan fingerprint density at radius 3 is 1.93 bits per heavy atom. The number of aromatic nitrogens is 2. The molecule has 2 aromatic rings. The molecule has 0 bridgehead atoms. The van der Waals surface area contributed by atoms with Crippen LogP contribution in [0.25, 0.3) is 0 Å². The number of hydrogen-bond acceptors (Lipinski definition) is 13. The van der Waals surface area contributed by atoms with Gasteiger partial charge in [-0.25, -0.2) is 9.78 Å². The average molecular weight is 623 g/mol. The summed E-state index contributed by atoms with van der Waals surface area (Å²) >= 11 is 0. The maximum Gasteiger partial charge on any atom is 0.490 e. The van der Waals surface area contributed by atoms with E-state index in [1.165, 1.54) is 14.2 Å². The number of methoxy groups -OCH3 is 2. The van der Waals surface area contributed by atoms with Crippen molar-refractivity contribution in [3.63, 3.8) is 0 Å². The molecule has 0 radical (unpaired) electrons. The summed E-state index contributed by atoms with van der Waals surface area (Å²) in [5.41, 5.74) is 18.2. The second-order valence-corrected chi connectivity index (χ2v) is 8.22. The Hall–Kier alpha value is -4.13. The van der Waals surface area contributed by atoms with Crippen LogP contribution in [0.4, 0.5) is 24.9 Å². The third-order valence-electron chi connectivity index (χ3n) is 4.89. The number of carbonyl (C=O) groups excluding carboxylic acids is 1. The van der Waals surface area contributed by atoms with E-state index in [1.807, 2.05) is 0 Å². The Labute approximate surface area is 245 Å². The number of nitrogens with two attached hydrogens (primary N) is 3. The third kappa shape index (κ3) is 15.6. The van der Waals surface area contributed by atoms with Gasteiger partial charge in [0.2, 0.25) is 11.7 Å². The van der Waals surface area contributed by atoms with Crippen LogP contribution in [-0.2, 0) is 30.2 Å². The topological polar surface area (TPSA) is 226 Å². The Bertz CT molecular complexity index is 1100. The Kier molecular flexibility index (Phi) is 17.1. The van der Waals surface area contributed by atoms with Crippen LogP contribution in [0.2, 0.25) is 0 Å². The van der Waals surface area contributed by atoms with Crippen LogP contribution in [0.15, 0.2) is 18.2 Å². The molecule has 8 N–H and O–H groups in total. The van der Waals surface area contributed by atoms with Gasteiger partial charge in [-0.3, -0.25) is 4.79 Å². The van der Waals surface area contributed by atoms with Gasteiger partial charge in [0.25, 0.3) is 5.91 Å². The molecule has 43 heavy (non-hydrogen) atoms. The summed E-state index contributed by atoms with van der Waals surface area (Å²) in [4.78, 5) is 29.1. The molecule has 1 heterocycles. The minimum atomic E-state index is -5.08. The molecule has 1 aromatic carbocycles. The lowest BCUT2D eigenvalue weighted by Gasteiger charge is -2.16. The molecule has 0 aliphatic rings. The van der Waals surface area contributed by atoms with Crippen molar-refractivity contribution >= 4 is 23.6 Å². The molecule has 242 valence electrons. The zero-order valence-corrected chi connectivity index (χ0v) is 23.8. The van der Waals surface area contributed by atoms with Crippen molar-refractivity contribution in [2.45, 2.75) is 12.6 Å². The van der Waals surface area contributed by atoms with Crippen LogP contribution in [0, 0.1) is 0 Å². The Balaban J connectivity index is 0.00000117. The third-order valence-corrected chi connectivity index (χ3v) is 4.89. The number of anilines is 2. The maximum absolute atomic E-state index is 12.2. The molecule has 0 saturated carbocycles. The van der Waals surface area contributed by atoms with Gasteiger partial charge in [-0.2, -0.15) is 18.2 Å². The highest BCUT2D eigenvalue weighted by molar-refractivity contribution is 5.77. The number of alkyl halides is 3. The molecule has 0 aliphatic carbocycles. The first kappa shape index (κ1) is 36.9. The fourth-order valence-corrected chi connectivity index (χ4v) is 3.09. The maximum atomic E-state index is 12.2. The second kappa shape index (κ2) is 19.9. The molecular formula is C25H37F3N6O9. The lowest BCUT2D eigenvalue weighted by atomic mass is 10.1. The summed E-state index contributed by atoms with van der Waals surface area (Å²) in [6.07, 6.45) is -4.67. The molecule has 0 aliphatic heterocycles. The SMILES string of the molecule is COc1cc(Cc2cc(N)nc(N)n2)cc(OC)c1OCC(=O)NCCOCCOCCOCCN.O=C(O)C(F)(F)F. The Morgan fingerprint density at radius 2 is 1.44 bits per heavy atom. The van der Waals surface area contributed by atoms with Gasteiger partial charge in [0.05, 0.1) is 59.6 Å². The molecule has 0 unspecified atom stereocenters. The fourth-order valence-electron chi connectivity index (χ4n) is 3.09. The van der Waals surface area contributed by atoms with E-state index in [0.29, 0.717) is 82.1 Å². The van der Waals surface area contributed by atoms with Crippen LogP contribution in [0.3, 0.4) is 0 Å². The van der Waals surface area contributed by atoms with Crippen molar-refractivity contribution in [1.29, 1.82) is 0 Å². The van der Waals surface area contributed by atoms with Gasteiger partial charge in [0.1, 0.15) is 5.82 Å². The van der Waals surface area contributed by atoms with Crippen LogP contribution < -0.4 is 36.7 Å². The number of aliphatic carboxylic acids is 1. The molecule has 0 spiro atoms. The zero-order valence-electron chi connectivity index (χ0n) is 23.8. The van der Waals surface area contributed by atoms with Gasteiger partial charge < -0.3 is 56.0 Å². The molecular weight excluding hydrogens is 585 g/mol. The number of halogens is 3. The first-order valence-corrected chi connectivity index (χ1v) is 12.7. The normalized spacial score (nSPS) is 10.8. The molecule has 1 aromatic heterocycles. The summed E-state index contributed by atoms with van der Waals surface area (Å²) in [6.45, 7) is 3.30. The second-order valence-electron chi connectivity index (χ2n) is 8.22. The standard InChI is InChI=1S/C23H36N6O7.C2HF3O2/c1-31-18-12-16(11-17-14-20(25)29-23(26)28-17)13-19(32-2)22(18)36-15-21(30)27-4-6-34-8-10-35-9-7-33-5-3-24;3-2(4,5)1(6)7/h12-14H,3-11,15,24H2,1-2H3,(H,27,30)(H4,25,26,28,29);(H,6,7). The molecule has 15 nitrogen and oxygen atoms in total. The number of nitrogens with one attached hydrogen (secondary N) is 1. The largest absolute Gasteiger partial charge is 0.493 e. The zero-order chi connectivity index (χ0) is 32.3.